The highest BCUT2D eigenvalue weighted by molar-refractivity contribution is 7.89. The largest absolute Gasteiger partial charge is 0.593 e. The molecule has 0 bridgehead atoms. The first-order chi connectivity index (χ1) is 16.0. The molecule has 1 fully saturated rings. The van der Waals surface area contributed by atoms with Crippen LogP contribution in [0.25, 0.3) is 11.1 Å². The van der Waals surface area contributed by atoms with E-state index in [2.05, 4.69) is 29.2 Å². The fourth-order valence-corrected chi connectivity index (χ4v) is 5.27. The molecule has 4 rings (SSSR count). The van der Waals surface area contributed by atoms with Crippen LogP contribution < -0.4 is 10.4 Å². The summed E-state index contributed by atoms with van der Waals surface area (Å²) in [6.07, 6.45) is 2.13. The lowest BCUT2D eigenvalue weighted by molar-refractivity contribution is -0.129. The molecule has 0 spiro atoms. The average molecular weight is 469 g/mol. The van der Waals surface area contributed by atoms with E-state index in [1.165, 1.54) is 0 Å². The van der Waals surface area contributed by atoms with Crippen molar-refractivity contribution in [2.24, 2.45) is 0 Å². The topological polar surface area (TPSA) is 99.2 Å². The van der Waals surface area contributed by atoms with Crippen LogP contribution in [0.5, 0.6) is 0 Å². The maximum absolute atomic E-state index is 12.9. The van der Waals surface area contributed by atoms with E-state index < -0.39 is 17.3 Å². The van der Waals surface area contributed by atoms with Gasteiger partial charge in [0.15, 0.2) is 4.90 Å². The lowest BCUT2D eigenvalue weighted by atomic mass is 10.1. The van der Waals surface area contributed by atoms with Crippen molar-refractivity contribution in [3.05, 3.63) is 60.2 Å². The number of nitrogens with zero attached hydrogens (tertiary/aromatic N) is 3. The van der Waals surface area contributed by atoms with Crippen molar-refractivity contribution < 1.29 is 19.3 Å². The molecule has 2 heterocycles. The molecule has 0 aromatic heterocycles. The van der Waals surface area contributed by atoms with Crippen LogP contribution in [0.3, 0.4) is 0 Å². The van der Waals surface area contributed by atoms with Crippen molar-refractivity contribution in [3.8, 4) is 11.1 Å². The van der Waals surface area contributed by atoms with Gasteiger partial charge in [-0.3, -0.25) is 14.8 Å². The van der Waals surface area contributed by atoms with Crippen molar-refractivity contribution >= 4 is 28.9 Å². The van der Waals surface area contributed by atoms with Gasteiger partial charge in [-0.2, -0.15) is 0 Å². The normalized spacial score (nSPS) is 18.0. The number of hydroxylamine groups is 1. The van der Waals surface area contributed by atoms with Gasteiger partial charge < -0.3 is 14.4 Å². The Bertz CT molecular complexity index is 1020. The van der Waals surface area contributed by atoms with Gasteiger partial charge in [-0.1, -0.05) is 18.2 Å². The first kappa shape index (κ1) is 23.3. The SMILES string of the molecule is CC(=O)N1CCN(c2ccc(-c3ccc([S+]([O-])N4CC=C(C(=O)NO)CC4)cc3)cc2)CC1. The molecule has 9 heteroatoms. The van der Waals surface area contributed by atoms with Crippen molar-refractivity contribution in [2.45, 2.75) is 18.2 Å². The van der Waals surface area contributed by atoms with Gasteiger partial charge in [-0.25, -0.2) is 5.48 Å². The summed E-state index contributed by atoms with van der Waals surface area (Å²) in [6.45, 7) is 5.64. The zero-order chi connectivity index (χ0) is 23.4. The molecule has 33 heavy (non-hydrogen) atoms. The highest BCUT2D eigenvalue weighted by atomic mass is 32.2. The third-order valence-electron chi connectivity index (χ3n) is 6.15. The third kappa shape index (κ3) is 5.39. The van der Waals surface area contributed by atoms with Crippen LogP contribution in [0.2, 0.25) is 0 Å². The van der Waals surface area contributed by atoms with Crippen molar-refractivity contribution in [1.29, 1.82) is 0 Å². The van der Waals surface area contributed by atoms with Crippen LogP contribution in [0.4, 0.5) is 5.69 Å². The van der Waals surface area contributed by atoms with E-state index in [1.54, 1.807) is 22.8 Å². The van der Waals surface area contributed by atoms with E-state index in [4.69, 9.17) is 5.21 Å². The first-order valence-electron chi connectivity index (χ1n) is 11.0. The van der Waals surface area contributed by atoms with Crippen LogP contribution in [0.15, 0.2) is 65.1 Å². The van der Waals surface area contributed by atoms with E-state index in [0.29, 0.717) is 30.0 Å². The summed E-state index contributed by atoms with van der Waals surface area (Å²) in [5.74, 6) is -0.376. The van der Waals surface area contributed by atoms with Gasteiger partial charge in [0.2, 0.25) is 5.91 Å². The number of amides is 2. The summed E-state index contributed by atoms with van der Waals surface area (Å²) in [5.41, 5.74) is 5.42. The van der Waals surface area contributed by atoms with Crippen molar-refractivity contribution in [2.75, 3.05) is 44.2 Å². The average Bonchev–Trinajstić information content (AvgIpc) is 2.88. The minimum atomic E-state index is -1.32. The Morgan fingerprint density at radius 2 is 1.55 bits per heavy atom. The molecule has 2 aromatic carbocycles. The molecule has 1 saturated heterocycles. The number of nitrogens with one attached hydrogen (secondary N) is 1. The van der Waals surface area contributed by atoms with Gasteiger partial charge in [0.25, 0.3) is 5.91 Å². The van der Waals surface area contributed by atoms with E-state index in [9.17, 15) is 14.1 Å². The molecule has 1 atom stereocenters. The number of rotatable bonds is 5. The molecule has 8 nitrogen and oxygen atoms in total. The molecule has 0 aliphatic carbocycles. The van der Waals surface area contributed by atoms with Crippen LogP contribution in [0.1, 0.15) is 13.3 Å². The van der Waals surface area contributed by atoms with Gasteiger partial charge in [-0.05, 0) is 53.9 Å². The first-order valence-corrected chi connectivity index (χ1v) is 12.1. The highest BCUT2D eigenvalue weighted by Crippen LogP contribution is 2.27. The van der Waals surface area contributed by atoms with E-state index >= 15 is 0 Å². The molecule has 2 amide bonds. The number of piperazine rings is 1. The van der Waals surface area contributed by atoms with Crippen LogP contribution in [-0.2, 0) is 21.0 Å². The Balaban J connectivity index is 1.37. The van der Waals surface area contributed by atoms with Gasteiger partial charge in [-0.15, -0.1) is 4.31 Å². The van der Waals surface area contributed by atoms with Crippen LogP contribution in [-0.4, -0.2) is 70.0 Å². The predicted octanol–water partition coefficient (Wildman–Crippen LogP) is 2.18. The predicted molar refractivity (Wildman–Crippen MR) is 127 cm³/mol. The summed E-state index contributed by atoms with van der Waals surface area (Å²) < 4.78 is 14.7. The molecule has 0 saturated carbocycles. The summed E-state index contributed by atoms with van der Waals surface area (Å²) in [4.78, 5) is 27.9. The van der Waals surface area contributed by atoms with Crippen molar-refractivity contribution in [3.63, 3.8) is 0 Å². The maximum Gasteiger partial charge on any atom is 0.270 e. The second-order valence-corrected chi connectivity index (χ2v) is 9.61. The number of anilines is 1. The van der Waals surface area contributed by atoms with Crippen LogP contribution in [0, 0.1) is 0 Å². The molecular weight excluding hydrogens is 440 g/mol. The zero-order valence-corrected chi connectivity index (χ0v) is 19.4. The number of hydrogen-bond donors (Lipinski definition) is 2. The quantitative estimate of drug-likeness (QED) is 0.397. The van der Waals surface area contributed by atoms with Crippen LogP contribution >= 0.6 is 0 Å². The minimum Gasteiger partial charge on any atom is -0.593 e. The summed E-state index contributed by atoms with van der Waals surface area (Å²) >= 11 is -1.32. The minimum absolute atomic E-state index is 0.130. The smallest absolute Gasteiger partial charge is 0.270 e. The number of carbonyl (C=O) groups excluding carboxylic acids is 2. The Morgan fingerprint density at radius 3 is 2.06 bits per heavy atom. The standard InChI is InChI=1S/C24H28N4O4S/c1-18(29)26-14-16-27(17-15-26)22-6-2-19(3-7-22)20-4-8-23(9-5-20)33(32)28-12-10-21(11-13-28)24(30)25-31/h2-10,31H,11-17H2,1H3,(H,25,30). The lowest BCUT2D eigenvalue weighted by Gasteiger charge is -2.35. The number of benzene rings is 2. The number of carbonyl (C=O) groups is 2. The second-order valence-electron chi connectivity index (χ2n) is 8.12. The van der Waals surface area contributed by atoms with Crippen molar-refractivity contribution in [1.82, 2.24) is 14.7 Å². The third-order valence-corrected chi connectivity index (χ3v) is 7.62. The Labute approximate surface area is 196 Å². The molecule has 1 unspecified atom stereocenters. The lowest BCUT2D eigenvalue weighted by Crippen LogP contribution is -2.48. The number of hydrogen-bond acceptors (Lipinski definition) is 6. The Hall–Kier alpha value is -2.85. The van der Waals surface area contributed by atoms with Gasteiger partial charge in [0, 0.05) is 50.9 Å². The monoisotopic (exact) mass is 468 g/mol. The molecule has 0 radical (unpaired) electrons. The highest BCUT2D eigenvalue weighted by Gasteiger charge is 2.26. The van der Waals surface area contributed by atoms with Gasteiger partial charge in [0.1, 0.15) is 0 Å². The fraction of sp³-hybridized carbons (Fsp3) is 0.333. The Kier molecular flexibility index (Phi) is 7.34. The van der Waals surface area contributed by atoms with E-state index in [0.717, 1.165) is 43.0 Å². The molecule has 174 valence electrons. The summed E-state index contributed by atoms with van der Waals surface area (Å²) in [6, 6.07) is 16.1. The van der Waals surface area contributed by atoms with Gasteiger partial charge >= 0.3 is 0 Å². The molecule has 2 aliphatic heterocycles. The zero-order valence-electron chi connectivity index (χ0n) is 18.6. The molecular formula is C24H28N4O4S. The summed E-state index contributed by atoms with van der Waals surface area (Å²) in [7, 11) is 0. The summed E-state index contributed by atoms with van der Waals surface area (Å²) in [5, 5.41) is 8.74. The molecule has 2 aromatic rings. The van der Waals surface area contributed by atoms with Gasteiger partial charge in [0.05, 0.1) is 17.9 Å². The maximum atomic E-state index is 12.9. The second kappa shape index (κ2) is 10.4. The molecule has 2 aliphatic rings. The van der Waals surface area contributed by atoms with E-state index in [1.807, 2.05) is 29.2 Å². The van der Waals surface area contributed by atoms with E-state index in [-0.39, 0.29) is 5.91 Å². The fourth-order valence-electron chi connectivity index (χ4n) is 4.14. The molecule has 2 N–H and O–H groups in total. The Morgan fingerprint density at radius 1 is 0.939 bits per heavy atom.